The summed E-state index contributed by atoms with van der Waals surface area (Å²) in [7, 11) is 0. The maximum absolute atomic E-state index is 6.38. The Labute approximate surface area is 123 Å². The summed E-state index contributed by atoms with van der Waals surface area (Å²) in [5.41, 5.74) is 8.28. The first-order chi connectivity index (χ1) is 10.3. The van der Waals surface area contributed by atoms with Crippen molar-refractivity contribution >= 4 is 16.6 Å². The number of benzene rings is 1. The highest BCUT2D eigenvalue weighted by atomic mass is 15.1. The van der Waals surface area contributed by atoms with Gasteiger partial charge in [0.15, 0.2) is 0 Å². The van der Waals surface area contributed by atoms with E-state index in [4.69, 9.17) is 10.7 Å². The smallest absolute Gasteiger partial charge is 0.131 e. The lowest BCUT2D eigenvalue weighted by Crippen LogP contribution is -2.04. The standard InChI is InChI=1S/C17H18N4/c1-2-21-16(18)15(20-17(21)11-7-8-11)14-10-19-9-12-5-3-4-6-13(12)14/h3-6,9-11H,2,7-8,18H2,1H3. The van der Waals surface area contributed by atoms with Gasteiger partial charge >= 0.3 is 0 Å². The topological polar surface area (TPSA) is 56.7 Å². The minimum absolute atomic E-state index is 0.587. The number of fused-ring (bicyclic) bond motifs is 1. The Morgan fingerprint density at radius 1 is 1.24 bits per heavy atom. The highest BCUT2D eigenvalue weighted by molar-refractivity contribution is 5.96. The zero-order valence-electron chi connectivity index (χ0n) is 12.1. The van der Waals surface area contributed by atoms with Crippen LogP contribution in [0.4, 0.5) is 5.82 Å². The number of rotatable bonds is 3. The van der Waals surface area contributed by atoms with Gasteiger partial charge in [-0.05, 0) is 25.2 Å². The summed E-state index contributed by atoms with van der Waals surface area (Å²) >= 11 is 0. The van der Waals surface area contributed by atoms with E-state index < -0.39 is 0 Å². The van der Waals surface area contributed by atoms with Gasteiger partial charge in [-0.15, -0.1) is 0 Å². The van der Waals surface area contributed by atoms with Gasteiger partial charge < -0.3 is 10.3 Å². The van der Waals surface area contributed by atoms with Gasteiger partial charge in [-0.1, -0.05) is 24.3 Å². The van der Waals surface area contributed by atoms with Gasteiger partial charge in [0.2, 0.25) is 0 Å². The Balaban J connectivity index is 1.96. The molecule has 0 radical (unpaired) electrons. The normalized spacial score (nSPS) is 14.7. The number of hydrogen-bond donors (Lipinski definition) is 1. The summed E-state index contributed by atoms with van der Waals surface area (Å²) < 4.78 is 2.15. The maximum Gasteiger partial charge on any atom is 0.131 e. The lowest BCUT2D eigenvalue weighted by Gasteiger charge is -2.06. The molecule has 1 saturated carbocycles. The van der Waals surface area contributed by atoms with Gasteiger partial charge in [-0.25, -0.2) is 4.98 Å². The number of hydrogen-bond acceptors (Lipinski definition) is 3. The Hall–Kier alpha value is -2.36. The monoisotopic (exact) mass is 278 g/mol. The number of pyridine rings is 1. The maximum atomic E-state index is 6.38. The largest absolute Gasteiger partial charge is 0.383 e. The van der Waals surface area contributed by atoms with Crippen LogP contribution in [-0.2, 0) is 6.54 Å². The molecule has 1 fully saturated rings. The van der Waals surface area contributed by atoms with Crippen LogP contribution in [0.5, 0.6) is 0 Å². The average molecular weight is 278 g/mol. The summed E-state index contributed by atoms with van der Waals surface area (Å²) in [4.78, 5) is 9.21. The second kappa shape index (κ2) is 4.58. The van der Waals surface area contributed by atoms with Gasteiger partial charge in [-0.2, -0.15) is 0 Å². The van der Waals surface area contributed by atoms with Gasteiger partial charge in [0.1, 0.15) is 17.3 Å². The van der Waals surface area contributed by atoms with E-state index in [1.165, 1.54) is 12.8 Å². The molecule has 1 aliphatic rings. The molecule has 1 aliphatic carbocycles. The Kier molecular flexibility index (Phi) is 2.70. The Morgan fingerprint density at radius 2 is 2.05 bits per heavy atom. The van der Waals surface area contributed by atoms with Crippen molar-refractivity contribution in [1.82, 2.24) is 14.5 Å². The molecule has 2 N–H and O–H groups in total. The predicted octanol–water partition coefficient (Wildman–Crippen LogP) is 3.58. The van der Waals surface area contributed by atoms with Crippen LogP contribution < -0.4 is 5.73 Å². The van der Waals surface area contributed by atoms with Crippen LogP contribution in [-0.4, -0.2) is 14.5 Å². The van der Waals surface area contributed by atoms with Crippen molar-refractivity contribution in [3.05, 3.63) is 42.5 Å². The summed E-state index contributed by atoms with van der Waals surface area (Å²) in [6.45, 7) is 2.98. The van der Waals surface area contributed by atoms with E-state index in [1.54, 1.807) is 0 Å². The van der Waals surface area contributed by atoms with Crippen molar-refractivity contribution in [2.45, 2.75) is 32.2 Å². The summed E-state index contributed by atoms with van der Waals surface area (Å²) in [6, 6.07) is 8.24. The first-order valence-corrected chi connectivity index (χ1v) is 7.48. The average Bonchev–Trinajstić information content (AvgIpc) is 3.31. The zero-order valence-corrected chi connectivity index (χ0v) is 12.1. The molecule has 3 aromatic rings. The van der Waals surface area contributed by atoms with Gasteiger partial charge in [0, 0.05) is 35.8 Å². The summed E-state index contributed by atoms with van der Waals surface area (Å²) in [5, 5.41) is 2.27. The fraction of sp³-hybridized carbons (Fsp3) is 0.294. The molecule has 0 unspecified atom stereocenters. The van der Waals surface area contributed by atoms with E-state index in [2.05, 4.69) is 28.6 Å². The minimum Gasteiger partial charge on any atom is -0.383 e. The van der Waals surface area contributed by atoms with Crippen LogP contribution in [0.25, 0.3) is 22.0 Å². The molecule has 0 spiro atoms. The predicted molar refractivity (Wildman–Crippen MR) is 85.0 cm³/mol. The van der Waals surface area contributed by atoms with Crippen molar-refractivity contribution in [1.29, 1.82) is 0 Å². The molecular weight excluding hydrogens is 260 g/mol. The fourth-order valence-electron chi connectivity index (χ4n) is 2.97. The van der Waals surface area contributed by atoms with Crippen molar-refractivity contribution < 1.29 is 0 Å². The third kappa shape index (κ3) is 1.90. The summed E-state index contributed by atoms with van der Waals surface area (Å²) in [5.74, 6) is 2.49. The van der Waals surface area contributed by atoms with Gasteiger partial charge in [-0.3, -0.25) is 4.98 Å². The van der Waals surface area contributed by atoms with Crippen molar-refractivity contribution in [3.8, 4) is 11.3 Å². The number of imidazole rings is 1. The van der Waals surface area contributed by atoms with Crippen LogP contribution in [0.3, 0.4) is 0 Å². The molecule has 106 valence electrons. The Morgan fingerprint density at radius 3 is 2.81 bits per heavy atom. The molecule has 0 aliphatic heterocycles. The number of nitrogen functional groups attached to an aromatic ring is 1. The number of anilines is 1. The van der Waals surface area contributed by atoms with E-state index in [9.17, 15) is 0 Å². The van der Waals surface area contributed by atoms with E-state index in [0.29, 0.717) is 5.92 Å². The first-order valence-electron chi connectivity index (χ1n) is 7.48. The quantitative estimate of drug-likeness (QED) is 0.796. The van der Waals surface area contributed by atoms with Crippen LogP contribution in [0.15, 0.2) is 36.7 Å². The molecule has 2 heterocycles. The fourth-order valence-corrected chi connectivity index (χ4v) is 2.97. The molecule has 0 saturated heterocycles. The number of aromatic nitrogens is 3. The van der Waals surface area contributed by atoms with E-state index in [-0.39, 0.29) is 0 Å². The first kappa shape index (κ1) is 12.4. The molecule has 4 nitrogen and oxygen atoms in total. The van der Waals surface area contributed by atoms with Crippen LogP contribution in [0.2, 0.25) is 0 Å². The van der Waals surface area contributed by atoms with Crippen LogP contribution in [0.1, 0.15) is 31.5 Å². The van der Waals surface area contributed by atoms with Crippen LogP contribution >= 0.6 is 0 Å². The molecule has 0 amide bonds. The molecule has 2 aromatic heterocycles. The highest BCUT2D eigenvalue weighted by Gasteiger charge is 2.30. The zero-order chi connectivity index (χ0) is 14.4. The Bertz CT molecular complexity index is 810. The molecule has 4 heteroatoms. The number of nitrogens with two attached hydrogens (primary N) is 1. The number of nitrogens with zero attached hydrogens (tertiary/aromatic N) is 3. The van der Waals surface area contributed by atoms with E-state index >= 15 is 0 Å². The second-order valence-electron chi connectivity index (χ2n) is 5.63. The SMILES string of the molecule is CCn1c(C2CC2)nc(-c2cncc3ccccc23)c1N. The third-order valence-corrected chi connectivity index (χ3v) is 4.22. The molecule has 0 bridgehead atoms. The lowest BCUT2D eigenvalue weighted by molar-refractivity contribution is 0.708. The second-order valence-corrected chi connectivity index (χ2v) is 5.63. The molecule has 4 rings (SSSR count). The summed E-state index contributed by atoms with van der Waals surface area (Å²) in [6.07, 6.45) is 6.21. The lowest BCUT2D eigenvalue weighted by atomic mass is 10.1. The minimum atomic E-state index is 0.587. The third-order valence-electron chi connectivity index (χ3n) is 4.22. The molecular formula is C17H18N4. The van der Waals surface area contributed by atoms with Gasteiger partial charge in [0.05, 0.1) is 0 Å². The highest BCUT2D eigenvalue weighted by Crippen LogP contribution is 2.42. The van der Waals surface area contributed by atoms with Crippen LogP contribution in [0, 0.1) is 0 Å². The van der Waals surface area contributed by atoms with E-state index in [1.807, 2.05) is 24.5 Å². The van der Waals surface area contributed by atoms with Crippen molar-refractivity contribution in [2.24, 2.45) is 0 Å². The van der Waals surface area contributed by atoms with Crippen molar-refractivity contribution in [3.63, 3.8) is 0 Å². The molecule has 21 heavy (non-hydrogen) atoms. The van der Waals surface area contributed by atoms with Crippen molar-refractivity contribution in [2.75, 3.05) is 5.73 Å². The van der Waals surface area contributed by atoms with E-state index in [0.717, 1.165) is 40.2 Å². The van der Waals surface area contributed by atoms with Gasteiger partial charge in [0.25, 0.3) is 0 Å². The molecule has 1 aromatic carbocycles. The molecule has 0 atom stereocenters.